The third kappa shape index (κ3) is 2.67. The quantitative estimate of drug-likeness (QED) is 0.646. The smallest absolute Gasteiger partial charge is 0.134 e. The highest BCUT2D eigenvalue weighted by atomic mass is 35.5. The van der Waals surface area contributed by atoms with Crippen LogP contribution in [0.4, 0.5) is 0 Å². The Kier molecular flexibility index (Phi) is 4.24. The van der Waals surface area contributed by atoms with Crippen molar-refractivity contribution in [1.82, 2.24) is 5.43 Å². The van der Waals surface area contributed by atoms with Gasteiger partial charge in [0.05, 0.1) is 6.10 Å². The number of furan rings is 1. The maximum atomic E-state index is 5.95. The maximum absolute atomic E-state index is 5.95. The molecule has 0 aliphatic carbocycles. The molecule has 18 heavy (non-hydrogen) atoms. The van der Waals surface area contributed by atoms with E-state index < -0.39 is 0 Å². The van der Waals surface area contributed by atoms with Crippen molar-refractivity contribution in [1.29, 1.82) is 0 Å². The van der Waals surface area contributed by atoms with Crippen molar-refractivity contribution in [2.24, 2.45) is 5.84 Å². The zero-order chi connectivity index (χ0) is 13.1. The summed E-state index contributed by atoms with van der Waals surface area (Å²) in [5.41, 5.74) is 3.52. The van der Waals surface area contributed by atoms with Crippen molar-refractivity contribution < 1.29 is 9.15 Å². The predicted octanol–water partition coefficient (Wildman–Crippen LogP) is 3.02. The Hall–Kier alpha value is -1.07. The number of halogens is 1. The van der Waals surface area contributed by atoms with E-state index in [1.165, 1.54) is 0 Å². The second-order valence-electron chi connectivity index (χ2n) is 4.14. The van der Waals surface area contributed by atoms with Crippen LogP contribution in [-0.2, 0) is 4.74 Å². The number of nitrogens with two attached hydrogens (primary N) is 1. The van der Waals surface area contributed by atoms with Crippen LogP contribution in [0.5, 0.6) is 0 Å². The highest BCUT2D eigenvalue weighted by molar-refractivity contribution is 6.31. The average molecular weight is 269 g/mol. The number of rotatable bonds is 5. The van der Waals surface area contributed by atoms with Crippen LogP contribution in [0.3, 0.4) is 0 Å². The standard InChI is InChI=1S/C13H17ClN2O2/c1-3-17-8(2)13(16-15)12-7-9-6-10(14)4-5-11(9)18-12/h4-8,13,16H,3,15H2,1-2H3. The third-order valence-electron chi connectivity index (χ3n) is 2.88. The van der Waals surface area contributed by atoms with Gasteiger partial charge in [0, 0.05) is 17.0 Å². The first-order valence-corrected chi connectivity index (χ1v) is 6.30. The lowest BCUT2D eigenvalue weighted by molar-refractivity contribution is 0.0418. The molecule has 98 valence electrons. The highest BCUT2D eigenvalue weighted by Crippen LogP contribution is 2.28. The Morgan fingerprint density at radius 1 is 1.44 bits per heavy atom. The Morgan fingerprint density at radius 2 is 2.22 bits per heavy atom. The van der Waals surface area contributed by atoms with Gasteiger partial charge >= 0.3 is 0 Å². The molecule has 2 atom stereocenters. The fourth-order valence-corrected chi connectivity index (χ4v) is 2.18. The van der Waals surface area contributed by atoms with Gasteiger partial charge in [-0.05, 0) is 38.1 Å². The van der Waals surface area contributed by atoms with E-state index in [-0.39, 0.29) is 12.1 Å². The van der Waals surface area contributed by atoms with Gasteiger partial charge in [-0.25, -0.2) is 5.43 Å². The molecule has 0 saturated heterocycles. The van der Waals surface area contributed by atoms with E-state index in [2.05, 4.69) is 5.43 Å². The van der Waals surface area contributed by atoms with Crippen molar-refractivity contribution in [3.8, 4) is 0 Å². The molecular formula is C13H17ClN2O2. The summed E-state index contributed by atoms with van der Waals surface area (Å²) in [6, 6.07) is 7.26. The van der Waals surface area contributed by atoms with Crippen molar-refractivity contribution in [2.45, 2.75) is 26.0 Å². The molecule has 5 heteroatoms. The summed E-state index contributed by atoms with van der Waals surface area (Å²) >= 11 is 5.95. The van der Waals surface area contributed by atoms with Crippen molar-refractivity contribution in [2.75, 3.05) is 6.61 Å². The van der Waals surface area contributed by atoms with Gasteiger partial charge in [-0.3, -0.25) is 5.84 Å². The van der Waals surface area contributed by atoms with E-state index in [1.54, 1.807) is 6.07 Å². The lowest BCUT2D eigenvalue weighted by atomic mass is 10.1. The normalized spacial score (nSPS) is 14.9. The van der Waals surface area contributed by atoms with Gasteiger partial charge in [0.2, 0.25) is 0 Å². The zero-order valence-corrected chi connectivity index (χ0v) is 11.2. The Balaban J connectivity index is 2.33. The molecule has 0 bridgehead atoms. The predicted molar refractivity (Wildman–Crippen MR) is 72.4 cm³/mol. The summed E-state index contributed by atoms with van der Waals surface area (Å²) in [5.74, 6) is 6.32. The lowest BCUT2D eigenvalue weighted by Crippen LogP contribution is -2.36. The summed E-state index contributed by atoms with van der Waals surface area (Å²) < 4.78 is 11.3. The molecule has 2 aromatic rings. The monoisotopic (exact) mass is 268 g/mol. The molecule has 2 rings (SSSR count). The van der Waals surface area contributed by atoms with Gasteiger partial charge in [-0.15, -0.1) is 0 Å². The Labute approximate surface area is 111 Å². The van der Waals surface area contributed by atoms with Crippen LogP contribution >= 0.6 is 11.6 Å². The third-order valence-corrected chi connectivity index (χ3v) is 3.12. The highest BCUT2D eigenvalue weighted by Gasteiger charge is 2.22. The molecule has 0 fully saturated rings. The van der Waals surface area contributed by atoms with E-state index in [9.17, 15) is 0 Å². The van der Waals surface area contributed by atoms with Crippen molar-refractivity contribution in [3.05, 3.63) is 35.0 Å². The summed E-state index contributed by atoms with van der Waals surface area (Å²) in [5, 5.41) is 1.64. The van der Waals surface area contributed by atoms with Crippen LogP contribution in [0.2, 0.25) is 5.02 Å². The average Bonchev–Trinajstić information content (AvgIpc) is 2.72. The second-order valence-corrected chi connectivity index (χ2v) is 4.57. The van der Waals surface area contributed by atoms with Gasteiger partial charge in [-0.1, -0.05) is 11.6 Å². The molecular weight excluding hydrogens is 252 g/mol. The molecule has 3 N–H and O–H groups in total. The van der Waals surface area contributed by atoms with Gasteiger partial charge in [0.15, 0.2) is 0 Å². The molecule has 0 amide bonds. The fourth-order valence-electron chi connectivity index (χ4n) is 2.00. The fraction of sp³-hybridized carbons (Fsp3) is 0.385. The maximum Gasteiger partial charge on any atom is 0.134 e. The molecule has 0 aliphatic rings. The van der Waals surface area contributed by atoms with Crippen LogP contribution < -0.4 is 11.3 Å². The number of fused-ring (bicyclic) bond motifs is 1. The minimum absolute atomic E-state index is 0.0731. The summed E-state index contributed by atoms with van der Waals surface area (Å²) in [7, 11) is 0. The summed E-state index contributed by atoms with van der Waals surface area (Å²) in [4.78, 5) is 0. The van der Waals surface area contributed by atoms with Gasteiger partial charge in [-0.2, -0.15) is 0 Å². The molecule has 2 unspecified atom stereocenters. The van der Waals surface area contributed by atoms with Gasteiger partial charge < -0.3 is 9.15 Å². The first-order chi connectivity index (χ1) is 8.65. The number of nitrogens with one attached hydrogen (secondary N) is 1. The molecule has 0 saturated carbocycles. The molecule has 1 aromatic heterocycles. The van der Waals surface area contributed by atoms with Crippen molar-refractivity contribution in [3.63, 3.8) is 0 Å². The molecule has 4 nitrogen and oxygen atoms in total. The van der Waals surface area contributed by atoms with E-state index >= 15 is 0 Å². The largest absolute Gasteiger partial charge is 0.459 e. The topological polar surface area (TPSA) is 60.4 Å². The molecule has 0 aliphatic heterocycles. The number of hydrogen-bond donors (Lipinski definition) is 2. The van der Waals surface area contributed by atoms with Gasteiger partial charge in [0.25, 0.3) is 0 Å². The molecule has 0 radical (unpaired) electrons. The van der Waals surface area contributed by atoms with Crippen LogP contribution in [0.15, 0.2) is 28.7 Å². The number of benzene rings is 1. The molecule has 1 heterocycles. The van der Waals surface area contributed by atoms with Crippen LogP contribution in [0.25, 0.3) is 11.0 Å². The molecule has 1 aromatic carbocycles. The van der Waals surface area contributed by atoms with E-state index in [1.807, 2.05) is 32.0 Å². The van der Waals surface area contributed by atoms with Crippen LogP contribution in [0.1, 0.15) is 25.6 Å². The van der Waals surface area contributed by atoms with Crippen LogP contribution in [0, 0.1) is 0 Å². The first kappa shape index (κ1) is 13.4. The Morgan fingerprint density at radius 3 is 2.89 bits per heavy atom. The summed E-state index contributed by atoms with van der Waals surface area (Å²) in [6.07, 6.45) is -0.0731. The number of hydrazine groups is 1. The lowest BCUT2D eigenvalue weighted by Gasteiger charge is -2.20. The minimum atomic E-state index is -0.184. The van der Waals surface area contributed by atoms with Crippen LogP contribution in [-0.4, -0.2) is 12.7 Å². The second kappa shape index (κ2) is 5.71. The van der Waals surface area contributed by atoms with Crippen molar-refractivity contribution >= 4 is 22.6 Å². The first-order valence-electron chi connectivity index (χ1n) is 5.92. The van der Waals surface area contributed by atoms with E-state index in [4.69, 9.17) is 26.6 Å². The SMILES string of the molecule is CCOC(C)C(NN)c1cc2cc(Cl)ccc2o1. The zero-order valence-electron chi connectivity index (χ0n) is 10.4. The number of hydrogen-bond acceptors (Lipinski definition) is 4. The molecule has 0 spiro atoms. The Bertz CT molecular complexity index is 527. The summed E-state index contributed by atoms with van der Waals surface area (Å²) in [6.45, 7) is 4.53. The number of ether oxygens (including phenoxy) is 1. The van der Waals surface area contributed by atoms with E-state index in [0.717, 1.165) is 16.7 Å². The minimum Gasteiger partial charge on any atom is -0.459 e. The van der Waals surface area contributed by atoms with E-state index in [0.29, 0.717) is 11.6 Å². The van der Waals surface area contributed by atoms with Gasteiger partial charge in [0.1, 0.15) is 17.4 Å².